The number of ether oxygens (including phenoxy) is 1. The van der Waals surface area contributed by atoms with Gasteiger partial charge in [-0.3, -0.25) is 9.98 Å². The summed E-state index contributed by atoms with van der Waals surface area (Å²) < 4.78 is 43.3. The third kappa shape index (κ3) is 6.82. The number of nitrogens with zero attached hydrogens (tertiary/aromatic N) is 3. The molecule has 6 nitrogen and oxygen atoms in total. The summed E-state index contributed by atoms with van der Waals surface area (Å²) in [7, 11) is 1.63. The molecule has 3 rings (SSSR count). The molecule has 0 amide bonds. The Morgan fingerprint density at radius 1 is 1.16 bits per heavy atom. The topological polar surface area (TPSA) is 71.4 Å². The number of alkyl halides is 3. The number of halogens is 5. The van der Waals surface area contributed by atoms with Crippen molar-refractivity contribution in [2.24, 2.45) is 4.99 Å². The van der Waals surface area contributed by atoms with Crippen LogP contribution in [0.5, 0.6) is 5.88 Å². The van der Waals surface area contributed by atoms with Gasteiger partial charge in [0.15, 0.2) is 5.96 Å². The Balaban J connectivity index is 0.00000341. The van der Waals surface area contributed by atoms with E-state index in [-0.39, 0.29) is 41.5 Å². The predicted octanol–water partition coefficient (Wildman–Crippen LogP) is 4.66. The summed E-state index contributed by atoms with van der Waals surface area (Å²) in [6.07, 6.45) is -2.06. The summed E-state index contributed by atoms with van der Waals surface area (Å²) in [4.78, 5) is 12.1. The van der Waals surface area contributed by atoms with Crippen LogP contribution in [0.15, 0.2) is 53.8 Å². The van der Waals surface area contributed by atoms with Crippen LogP contribution in [0.1, 0.15) is 11.1 Å². The van der Waals surface area contributed by atoms with Crippen molar-refractivity contribution in [3.8, 4) is 5.88 Å². The lowest BCUT2D eigenvalue weighted by Crippen LogP contribution is -2.39. The number of hydrogen-bond donors (Lipinski definition) is 2. The Labute approximate surface area is 199 Å². The second-order valence-electron chi connectivity index (χ2n) is 6.20. The van der Waals surface area contributed by atoms with Gasteiger partial charge in [0.05, 0.1) is 17.6 Å². The van der Waals surface area contributed by atoms with Crippen molar-refractivity contribution in [1.82, 2.24) is 20.6 Å². The van der Waals surface area contributed by atoms with Crippen LogP contribution in [-0.2, 0) is 12.7 Å². The van der Waals surface area contributed by atoms with E-state index in [1.54, 1.807) is 13.2 Å². The summed E-state index contributed by atoms with van der Waals surface area (Å²) in [5, 5.41) is 7.11. The van der Waals surface area contributed by atoms with E-state index in [9.17, 15) is 13.2 Å². The Morgan fingerprint density at radius 2 is 1.94 bits per heavy atom. The van der Waals surface area contributed by atoms with E-state index in [0.29, 0.717) is 25.2 Å². The zero-order chi connectivity index (χ0) is 21.6. The zero-order valence-corrected chi connectivity index (χ0v) is 19.5. The van der Waals surface area contributed by atoms with Gasteiger partial charge < -0.3 is 15.4 Å². The van der Waals surface area contributed by atoms with Crippen LogP contribution >= 0.6 is 35.6 Å². The van der Waals surface area contributed by atoms with Crippen LogP contribution in [0.25, 0.3) is 10.9 Å². The molecule has 0 saturated heterocycles. The molecule has 0 saturated carbocycles. The van der Waals surface area contributed by atoms with Crippen LogP contribution in [0, 0.1) is 0 Å². The van der Waals surface area contributed by atoms with Crippen molar-refractivity contribution in [3.63, 3.8) is 0 Å². The van der Waals surface area contributed by atoms with E-state index in [1.165, 1.54) is 0 Å². The summed E-state index contributed by atoms with van der Waals surface area (Å²) in [5.74, 6) is 0.489. The summed E-state index contributed by atoms with van der Waals surface area (Å²) in [6.45, 7) is 1.02. The smallest absolute Gasteiger partial charge is 0.417 e. The van der Waals surface area contributed by atoms with Gasteiger partial charge in [-0.2, -0.15) is 13.2 Å². The lowest BCUT2D eigenvalue weighted by Gasteiger charge is -2.14. The maximum Gasteiger partial charge on any atom is 0.417 e. The molecule has 2 N–H and O–H groups in total. The van der Waals surface area contributed by atoms with Crippen LogP contribution < -0.4 is 15.4 Å². The highest BCUT2D eigenvalue weighted by Crippen LogP contribution is 2.33. The molecule has 0 aliphatic heterocycles. The molecule has 1 aromatic carbocycles. The third-order valence-electron chi connectivity index (χ3n) is 4.18. The second kappa shape index (κ2) is 11.3. The summed E-state index contributed by atoms with van der Waals surface area (Å²) in [5.41, 5.74) is 1.06. The minimum Gasteiger partial charge on any atom is -0.475 e. The Kier molecular flexibility index (Phi) is 9.11. The van der Waals surface area contributed by atoms with Crippen molar-refractivity contribution in [1.29, 1.82) is 0 Å². The van der Waals surface area contributed by atoms with Gasteiger partial charge in [-0.05, 0) is 23.8 Å². The van der Waals surface area contributed by atoms with E-state index in [2.05, 4.69) is 25.6 Å². The molecule has 3 aromatic rings. The lowest BCUT2D eigenvalue weighted by atomic mass is 10.1. The van der Waals surface area contributed by atoms with Crippen LogP contribution in [-0.4, -0.2) is 36.1 Å². The summed E-state index contributed by atoms with van der Waals surface area (Å²) >= 11 is 5.82. The average molecular weight is 566 g/mol. The minimum atomic E-state index is -4.50. The van der Waals surface area contributed by atoms with Crippen molar-refractivity contribution in [2.45, 2.75) is 12.7 Å². The van der Waals surface area contributed by atoms with Crippen molar-refractivity contribution >= 4 is 52.4 Å². The number of aliphatic imine (C=N–C) groups is 1. The fourth-order valence-electron chi connectivity index (χ4n) is 2.71. The normalized spacial score (nSPS) is 11.7. The highest BCUT2D eigenvalue weighted by Gasteiger charge is 2.31. The maximum absolute atomic E-state index is 12.6. The van der Waals surface area contributed by atoms with Gasteiger partial charge in [0.1, 0.15) is 11.6 Å². The molecule has 0 atom stereocenters. The Morgan fingerprint density at radius 3 is 2.65 bits per heavy atom. The number of aromatic nitrogens is 2. The fraction of sp³-hybridized carbons (Fsp3) is 0.250. The van der Waals surface area contributed by atoms with Gasteiger partial charge in [-0.25, -0.2) is 4.98 Å². The Hall–Kier alpha value is -2.34. The zero-order valence-electron chi connectivity index (χ0n) is 16.4. The van der Waals surface area contributed by atoms with Gasteiger partial charge in [-0.15, -0.1) is 24.0 Å². The minimum absolute atomic E-state index is 0. The quantitative estimate of drug-likeness (QED) is 0.197. The highest BCUT2D eigenvalue weighted by atomic mass is 127. The molecule has 2 heterocycles. The monoisotopic (exact) mass is 565 g/mol. The average Bonchev–Trinajstić information content (AvgIpc) is 2.73. The van der Waals surface area contributed by atoms with Crippen molar-refractivity contribution in [3.05, 3.63) is 64.9 Å². The van der Waals surface area contributed by atoms with E-state index >= 15 is 0 Å². The van der Waals surface area contributed by atoms with Crippen LogP contribution in [0.4, 0.5) is 13.2 Å². The number of fused-ring (bicyclic) bond motifs is 1. The molecular weight excluding hydrogens is 546 g/mol. The number of rotatable bonds is 6. The van der Waals surface area contributed by atoms with Crippen molar-refractivity contribution in [2.75, 3.05) is 20.2 Å². The van der Waals surface area contributed by atoms with Gasteiger partial charge in [-0.1, -0.05) is 29.8 Å². The van der Waals surface area contributed by atoms with Gasteiger partial charge in [0.25, 0.3) is 0 Å². The van der Waals surface area contributed by atoms with Gasteiger partial charge in [0, 0.05) is 31.4 Å². The first-order valence-electron chi connectivity index (χ1n) is 9.01. The molecule has 0 radical (unpaired) electrons. The number of hydrogen-bond acceptors (Lipinski definition) is 4. The molecule has 166 valence electrons. The first-order valence-corrected chi connectivity index (χ1v) is 9.39. The molecule has 11 heteroatoms. The predicted molar refractivity (Wildman–Crippen MR) is 125 cm³/mol. The lowest BCUT2D eigenvalue weighted by molar-refractivity contribution is -0.137. The van der Waals surface area contributed by atoms with E-state index in [1.807, 2.05) is 30.3 Å². The van der Waals surface area contributed by atoms with Crippen molar-refractivity contribution < 1.29 is 17.9 Å². The number of nitrogens with one attached hydrogen (secondary N) is 2. The number of para-hydroxylation sites is 1. The van der Waals surface area contributed by atoms with E-state index in [0.717, 1.165) is 22.5 Å². The largest absolute Gasteiger partial charge is 0.475 e. The molecule has 0 aliphatic carbocycles. The molecule has 0 fully saturated rings. The maximum atomic E-state index is 12.6. The standard InChI is InChI=1S/C20H19ClF3N5O.HI/c1-25-19(29-11-13-6-7-26-17-5-3-2-4-15(13)17)27-8-9-30-18-16(21)10-14(12-28-18)20(22,23)24;/h2-7,10,12H,8-9,11H2,1H3,(H2,25,27,29);1H. The third-order valence-corrected chi connectivity index (χ3v) is 4.45. The van der Waals surface area contributed by atoms with Crippen LogP contribution in [0.3, 0.4) is 0 Å². The molecule has 0 bridgehead atoms. The first-order chi connectivity index (χ1) is 14.4. The summed E-state index contributed by atoms with van der Waals surface area (Å²) in [6, 6.07) is 10.6. The molecule has 0 aliphatic rings. The number of benzene rings is 1. The number of pyridine rings is 2. The van der Waals surface area contributed by atoms with Crippen LogP contribution in [0.2, 0.25) is 5.02 Å². The first kappa shape index (κ1) is 24.9. The fourth-order valence-corrected chi connectivity index (χ4v) is 2.93. The van der Waals surface area contributed by atoms with E-state index in [4.69, 9.17) is 16.3 Å². The molecule has 2 aromatic heterocycles. The Bertz CT molecular complexity index is 1040. The second-order valence-corrected chi connectivity index (χ2v) is 6.60. The molecule has 0 unspecified atom stereocenters. The van der Waals surface area contributed by atoms with Gasteiger partial charge in [0.2, 0.25) is 5.88 Å². The van der Waals surface area contributed by atoms with E-state index < -0.39 is 11.7 Å². The molecule has 0 spiro atoms. The SMILES string of the molecule is CN=C(NCCOc1ncc(C(F)(F)F)cc1Cl)NCc1ccnc2ccccc12.I. The van der Waals surface area contributed by atoms with Gasteiger partial charge >= 0.3 is 6.18 Å². The highest BCUT2D eigenvalue weighted by molar-refractivity contribution is 14.0. The molecular formula is C20H20ClF3IN5O. The molecule has 31 heavy (non-hydrogen) atoms. The number of guanidine groups is 1.